The molecule has 0 aromatic heterocycles. The molecular formula is C12H12ClN2O5-. The number of amides is 2. The summed E-state index contributed by atoms with van der Waals surface area (Å²) in [5.74, 6) is -2.82. The maximum absolute atomic E-state index is 11.7. The van der Waals surface area contributed by atoms with E-state index in [1.165, 1.54) is 18.2 Å². The number of aliphatic carboxylic acids is 1. The van der Waals surface area contributed by atoms with E-state index in [9.17, 15) is 24.6 Å². The van der Waals surface area contributed by atoms with Crippen LogP contribution >= 0.6 is 11.6 Å². The molecule has 0 saturated carbocycles. The van der Waals surface area contributed by atoms with E-state index >= 15 is 0 Å². The average molecular weight is 300 g/mol. The van der Waals surface area contributed by atoms with Crippen molar-refractivity contribution in [2.75, 3.05) is 0 Å². The zero-order valence-corrected chi connectivity index (χ0v) is 11.1. The van der Waals surface area contributed by atoms with E-state index in [1.54, 1.807) is 0 Å². The maximum atomic E-state index is 11.7. The zero-order valence-electron chi connectivity index (χ0n) is 10.3. The normalized spacial score (nSPS) is 9.85. The molecule has 20 heavy (non-hydrogen) atoms. The van der Waals surface area contributed by atoms with Gasteiger partial charge < -0.3 is 15.0 Å². The summed E-state index contributed by atoms with van der Waals surface area (Å²) in [6, 6.07) is 3.90. The SMILES string of the molecule is O=C([O-])CCCC(=O)NNC(=O)c1cc(Cl)ccc1O. The highest BCUT2D eigenvalue weighted by molar-refractivity contribution is 6.31. The minimum absolute atomic E-state index is 0.0736. The second-order valence-electron chi connectivity index (χ2n) is 3.89. The number of aromatic hydroxyl groups is 1. The molecule has 3 N–H and O–H groups in total. The molecule has 8 heteroatoms. The number of phenolic OH excluding ortho intramolecular Hbond substituents is 1. The summed E-state index contributed by atoms with van der Waals surface area (Å²) in [6.45, 7) is 0. The molecule has 0 radical (unpaired) electrons. The van der Waals surface area contributed by atoms with Crippen LogP contribution in [0.15, 0.2) is 18.2 Å². The Bertz CT molecular complexity index is 533. The van der Waals surface area contributed by atoms with Crippen LogP contribution in [0.5, 0.6) is 5.75 Å². The van der Waals surface area contributed by atoms with E-state index in [0.29, 0.717) is 0 Å². The van der Waals surface area contributed by atoms with Gasteiger partial charge in [0.05, 0.1) is 5.56 Å². The quantitative estimate of drug-likeness (QED) is 0.647. The van der Waals surface area contributed by atoms with Crippen molar-refractivity contribution in [3.8, 4) is 5.75 Å². The summed E-state index contributed by atoms with van der Waals surface area (Å²) in [5, 5.41) is 19.9. The van der Waals surface area contributed by atoms with Gasteiger partial charge in [-0.05, 0) is 31.0 Å². The number of phenols is 1. The molecule has 0 aliphatic heterocycles. The lowest BCUT2D eigenvalue weighted by Crippen LogP contribution is -2.41. The minimum Gasteiger partial charge on any atom is -0.550 e. The van der Waals surface area contributed by atoms with E-state index in [1.807, 2.05) is 0 Å². The van der Waals surface area contributed by atoms with Gasteiger partial charge in [0, 0.05) is 17.4 Å². The molecule has 0 atom stereocenters. The number of hydrazine groups is 1. The third-order valence-corrected chi connectivity index (χ3v) is 2.54. The van der Waals surface area contributed by atoms with Gasteiger partial charge in [-0.1, -0.05) is 11.6 Å². The average Bonchev–Trinajstić information content (AvgIpc) is 2.38. The van der Waals surface area contributed by atoms with Gasteiger partial charge in [-0.25, -0.2) is 0 Å². The summed E-state index contributed by atoms with van der Waals surface area (Å²) >= 11 is 5.68. The fourth-order valence-electron chi connectivity index (χ4n) is 1.34. The number of benzene rings is 1. The van der Waals surface area contributed by atoms with Crippen molar-refractivity contribution >= 4 is 29.4 Å². The standard InChI is InChI=1S/C12H13ClN2O5/c13-7-4-5-9(16)8(6-7)12(20)15-14-10(17)2-1-3-11(18)19/h4-6,16H,1-3H2,(H,14,17)(H,15,20)(H,18,19)/p-1. The minimum atomic E-state index is -1.24. The van der Waals surface area contributed by atoms with E-state index in [-0.39, 0.29) is 35.6 Å². The number of halogens is 1. The van der Waals surface area contributed by atoms with Crippen LogP contribution in [0.2, 0.25) is 5.02 Å². The molecule has 2 amide bonds. The van der Waals surface area contributed by atoms with Crippen LogP contribution < -0.4 is 16.0 Å². The van der Waals surface area contributed by atoms with E-state index in [2.05, 4.69) is 10.9 Å². The Balaban J connectivity index is 2.45. The Kier molecular flexibility index (Phi) is 5.79. The monoisotopic (exact) mass is 299 g/mol. The summed E-state index contributed by atoms with van der Waals surface area (Å²) in [5.41, 5.74) is 4.09. The number of nitrogens with one attached hydrogen (secondary N) is 2. The van der Waals surface area contributed by atoms with Gasteiger partial charge in [0.2, 0.25) is 5.91 Å². The third-order valence-electron chi connectivity index (χ3n) is 2.30. The lowest BCUT2D eigenvalue weighted by molar-refractivity contribution is -0.305. The molecular weight excluding hydrogens is 288 g/mol. The predicted molar refractivity (Wildman–Crippen MR) is 67.6 cm³/mol. The second kappa shape index (κ2) is 7.34. The predicted octanol–water partition coefficient (Wildman–Crippen LogP) is -0.273. The van der Waals surface area contributed by atoms with E-state index in [0.717, 1.165) is 0 Å². The van der Waals surface area contributed by atoms with Crippen LogP contribution in [-0.2, 0) is 9.59 Å². The van der Waals surface area contributed by atoms with Crippen LogP contribution in [0.4, 0.5) is 0 Å². The largest absolute Gasteiger partial charge is 0.550 e. The fraction of sp³-hybridized carbons (Fsp3) is 0.250. The molecule has 7 nitrogen and oxygen atoms in total. The summed E-state index contributed by atoms with van der Waals surface area (Å²) < 4.78 is 0. The van der Waals surface area contributed by atoms with Crippen molar-refractivity contribution in [2.45, 2.75) is 19.3 Å². The van der Waals surface area contributed by atoms with Gasteiger partial charge in [0.15, 0.2) is 0 Å². The lowest BCUT2D eigenvalue weighted by Gasteiger charge is -2.09. The van der Waals surface area contributed by atoms with Crippen LogP contribution in [0.1, 0.15) is 29.6 Å². The topological polar surface area (TPSA) is 119 Å². The molecule has 1 aromatic carbocycles. The van der Waals surface area contributed by atoms with E-state index < -0.39 is 17.8 Å². The van der Waals surface area contributed by atoms with Gasteiger partial charge in [0.1, 0.15) is 5.75 Å². The van der Waals surface area contributed by atoms with Gasteiger partial charge in [0.25, 0.3) is 5.91 Å². The lowest BCUT2D eigenvalue weighted by atomic mass is 10.2. The number of carbonyl (C=O) groups is 3. The molecule has 0 spiro atoms. The third kappa shape index (κ3) is 5.15. The molecule has 0 heterocycles. The summed E-state index contributed by atoms with van der Waals surface area (Å²) in [4.78, 5) is 33.1. The molecule has 108 valence electrons. The van der Waals surface area contributed by atoms with E-state index in [4.69, 9.17) is 11.6 Å². The van der Waals surface area contributed by atoms with Crippen LogP contribution in [0, 0.1) is 0 Å². The number of hydrogen-bond donors (Lipinski definition) is 3. The smallest absolute Gasteiger partial charge is 0.273 e. The molecule has 0 saturated heterocycles. The molecule has 0 fully saturated rings. The molecule has 0 unspecified atom stereocenters. The number of hydrogen-bond acceptors (Lipinski definition) is 5. The van der Waals surface area contributed by atoms with Gasteiger partial charge in [-0.2, -0.15) is 0 Å². The molecule has 1 aromatic rings. The van der Waals surface area contributed by atoms with Gasteiger partial charge >= 0.3 is 0 Å². The van der Waals surface area contributed by atoms with Crippen molar-refractivity contribution in [1.29, 1.82) is 0 Å². The highest BCUT2D eigenvalue weighted by atomic mass is 35.5. The summed E-state index contributed by atoms with van der Waals surface area (Å²) in [7, 11) is 0. The Labute approximate surface area is 119 Å². The Morgan fingerprint density at radius 1 is 1.20 bits per heavy atom. The van der Waals surface area contributed by atoms with Crippen molar-refractivity contribution in [3.63, 3.8) is 0 Å². The Morgan fingerprint density at radius 2 is 1.90 bits per heavy atom. The number of carboxylic acid groups (broad SMARTS) is 1. The first kappa shape index (κ1) is 15.8. The van der Waals surface area contributed by atoms with Crippen molar-refractivity contribution < 1.29 is 24.6 Å². The second-order valence-corrected chi connectivity index (χ2v) is 4.33. The van der Waals surface area contributed by atoms with Crippen molar-refractivity contribution in [3.05, 3.63) is 28.8 Å². The van der Waals surface area contributed by atoms with Crippen molar-refractivity contribution in [1.82, 2.24) is 10.9 Å². The number of rotatable bonds is 5. The highest BCUT2D eigenvalue weighted by Gasteiger charge is 2.12. The fourth-order valence-corrected chi connectivity index (χ4v) is 1.51. The zero-order chi connectivity index (χ0) is 15.1. The Morgan fingerprint density at radius 3 is 2.55 bits per heavy atom. The van der Waals surface area contributed by atoms with Crippen molar-refractivity contribution in [2.24, 2.45) is 0 Å². The van der Waals surface area contributed by atoms with Crippen LogP contribution in [-0.4, -0.2) is 22.9 Å². The molecule has 0 bridgehead atoms. The highest BCUT2D eigenvalue weighted by Crippen LogP contribution is 2.20. The van der Waals surface area contributed by atoms with Crippen LogP contribution in [0.3, 0.4) is 0 Å². The van der Waals surface area contributed by atoms with Crippen LogP contribution in [0.25, 0.3) is 0 Å². The first-order chi connectivity index (χ1) is 9.40. The summed E-state index contributed by atoms with van der Waals surface area (Å²) in [6.07, 6.45) is -0.210. The maximum Gasteiger partial charge on any atom is 0.273 e. The first-order valence-corrected chi connectivity index (χ1v) is 6.05. The Hall–Kier alpha value is -2.28. The molecule has 1 rings (SSSR count). The molecule has 0 aliphatic carbocycles. The first-order valence-electron chi connectivity index (χ1n) is 5.67. The number of carbonyl (C=O) groups excluding carboxylic acids is 3. The molecule has 0 aliphatic rings. The van der Waals surface area contributed by atoms with Gasteiger partial charge in [-0.3, -0.25) is 20.4 Å². The number of carboxylic acids is 1. The van der Waals surface area contributed by atoms with Gasteiger partial charge in [-0.15, -0.1) is 0 Å².